The van der Waals surface area contributed by atoms with E-state index >= 15 is 0 Å². The number of aromatic carboxylic acids is 1. The van der Waals surface area contributed by atoms with Crippen molar-refractivity contribution in [1.82, 2.24) is 29.5 Å². The first kappa shape index (κ1) is 40.5. The van der Waals surface area contributed by atoms with Crippen LogP contribution in [0.5, 0.6) is 0 Å². The van der Waals surface area contributed by atoms with Crippen molar-refractivity contribution in [2.75, 3.05) is 17.4 Å². The van der Waals surface area contributed by atoms with Crippen LogP contribution in [0.15, 0.2) is 93.7 Å². The number of carbonyl (C=O) groups is 3. The van der Waals surface area contributed by atoms with E-state index in [1.807, 2.05) is 16.8 Å². The van der Waals surface area contributed by atoms with E-state index in [4.69, 9.17) is 14.2 Å². The number of nitrogens with zero attached hydrogens (tertiary/aromatic N) is 6. The quantitative estimate of drug-likeness (QED) is 0.0824. The summed E-state index contributed by atoms with van der Waals surface area (Å²) in [6.07, 6.45) is 4.86. The fourth-order valence-electron chi connectivity index (χ4n) is 4.97. The molecule has 0 unspecified atom stereocenters. The van der Waals surface area contributed by atoms with Crippen molar-refractivity contribution < 1.29 is 33.7 Å². The second-order valence-corrected chi connectivity index (χ2v) is 13.4. The van der Waals surface area contributed by atoms with Crippen molar-refractivity contribution in [3.63, 3.8) is 0 Å². The highest BCUT2D eigenvalue weighted by Gasteiger charge is 2.27. The van der Waals surface area contributed by atoms with Gasteiger partial charge >= 0.3 is 18.1 Å². The number of aromatic nitrogens is 6. The molecule has 290 valence electrons. The summed E-state index contributed by atoms with van der Waals surface area (Å²) in [7, 11) is 0. The Morgan fingerprint density at radius 3 is 1.66 bits per heavy atom. The Balaban J connectivity index is 0.000000223. The van der Waals surface area contributed by atoms with Crippen molar-refractivity contribution >= 4 is 63.5 Å². The smallest absolute Gasteiger partial charge is 0.478 e. The third kappa shape index (κ3) is 9.87. The Morgan fingerprint density at radius 2 is 1.25 bits per heavy atom. The van der Waals surface area contributed by atoms with Crippen LogP contribution in [-0.4, -0.2) is 65.6 Å². The zero-order valence-corrected chi connectivity index (χ0v) is 32.1. The summed E-state index contributed by atoms with van der Waals surface area (Å²) in [4.78, 5) is 71.4. The number of ether oxygens (including phenoxy) is 3. The maximum Gasteiger partial charge on any atom is 0.511 e. The number of carboxylic acids is 1. The average molecular weight is 801 g/mol. The van der Waals surface area contributed by atoms with E-state index in [-0.39, 0.29) is 40.0 Å². The van der Waals surface area contributed by atoms with E-state index in [2.05, 4.69) is 30.8 Å². The molecule has 0 aliphatic carbocycles. The minimum absolute atomic E-state index is 0.0178. The van der Waals surface area contributed by atoms with Gasteiger partial charge in [-0.25, -0.2) is 23.7 Å². The highest BCUT2D eigenvalue weighted by molar-refractivity contribution is 7.13. The predicted octanol–water partition coefficient (Wildman–Crippen LogP) is 6.63. The van der Waals surface area contributed by atoms with Gasteiger partial charge < -0.3 is 30.0 Å². The topological polar surface area (TPSA) is 219 Å². The molecule has 0 amide bonds. The summed E-state index contributed by atoms with van der Waals surface area (Å²) in [6, 6.07) is 14.0. The van der Waals surface area contributed by atoms with Gasteiger partial charge in [-0.1, -0.05) is 12.1 Å². The normalized spacial score (nSPS) is 10.6. The molecule has 0 saturated heterocycles. The monoisotopic (exact) mass is 800 g/mol. The molecular formula is C37H36N8O9S2. The lowest BCUT2D eigenvalue weighted by Crippen LogP contribution is -2.29. The Bertz CT molecular complexity index is 2390. The molecule has 0 aliphatic heterocycles. The van der Waals surface area contributed by atoms with Gasteiger partial charge in [0.15, 0.2) is 0 Å². The molecule has 6 aromatic rings. The molecule has 0 aliphatic rings. The van der Waals surface area contributed by atoms with Crippen molar-refractivity contribution in [3.8, 4) is 21.1 Å². The summed E-state index contributed by atoms with van der Waals surface area (Å²) < 4.78 is 17.2. The molecule has 0 radical (unpaired) electrons. The lowest BCUT2D eigenvalue weighted by atomic mass is 10.1. The number of carboxylic acid groups (broad SMARTS) is 1. The molecule has 19 heteroatoms. The molecule has 0 spiro atoms. The third-order valence-corrected chi connectivity index (χ3v) is 9.15. The Kier molecular flexibility index (Phi) is 13.8. The number of pyridine rings is 2. The van der Waals surface area contributed by atoms with Crippen LogP contribution in [0.2, 0.25) is 0 Å². The van der Waals surface area contributed by atoms with Crippen molar-refractivity contribution in [1.29, 1.82) is 0 Å². The SMILES string of the molecule is CCn1nc(-c2cccs2)c(C(=O)O)c(Nc2cccnc2)c1=O.CCn1nc(-c2cccs2)c(C(=O)OCOC(=O)OC(C)C)c(Nc2cccnc2)c1=O. The van der Waals surface area contributed by atoms with E-state index in [9.17, 15) is 29.1 Å². The number of carbonyl (C=O) groups excluding carboxylic acids is 2. The first-order chi connectivity index (χ1) is 27.0. The number of thiophene rings is 2. The van der Waals surface area contributed by atoms with Crippen LogP contribution in [0.4, 0.5) is 27.5 Å². The van der Waals surface area contributed by atoms with Gasteiger partial charge in [0.2, 0.25) is 6.79 Å². The van der Waals surface area contributed by atoms with Crippen LogP contribution in [-0.2, 0) is 27.3 Å². The van der Waals surface area contributed by atoms with Gasteiger partial charge in [0.1, 0.15) is 33.9 Å². The number of hydrogen-bond donors (Lipinski definition) is 3. The minimum atomic E-state index is -1.21. The standard InChI is InChI=1S/C21H22N4O6S.C16H14N4O3S/c1-4-25-19(26)18(23-14-7-5-9-22-11-14)16(17(24-25)15-8-6-10-32-15)20(27)29-12-30-21(28)31-13(2)3;1-2-20-15(21)14(18-10-5-3-7-17-9-10)12(16(22)23)13(19-20)11-6-4-8-24-11/h5-11,13,23H,4,12H2,1-3H3;3-9,18H,2H2,1H3,(H,22,23). The molecule has 6 rings (SSSR count). The van der Waals surface area contributed by atoms with Crippen molar-refractivity contribution in [3.05, 3.63) is 116 Å². The molecular weight excluding hydrogens is 765 g/mol. The van der Waals surface area contributed by atoms with Crippen LogP contribution < -0.4 is 21.8 Å². The van der Waals surface area contributed by atoms with Crippen LogP contribution in [0.1, 0.15) is 48.4 Å². The fraction of sp³-hybridized carbons (Fsp3) is 0.216. The van der Waals surface area contributed by atoms with Gasteiger partial charge in [0.25, 0.3) is 11.1 Å². The van der Waals surface area contributed by atoms with E-state index in [1.54, 1.807) is 82.6 Å². The summed E-state index contributed by atoms with van der Waals surface area (Å²) in [6.45, 7) is 6.80. The molecule has 6 heterocycles. The summed E-state index contributed by atoms with van der Waals surface area (Å²) in [5.41, 5.74) is 0.312. The van der Waals surface area contributed by atoms with E-state index < -0.39 is 36.0 Å². The molecule has 0 fully saturated rings. The lowest BCUT2D eigenvalue weighted by Gasteiger charge is -2.16. The van der Waals surface area contributed by atoms with Crippen LogP contribution in [0.25, 0.3) is 21.1 Å². The number of hydrogen-bond acceptors (Lipinski definition) is 16. The fourth-order valence-corrected chi connectivity index (χ4v) is 6.40. The number of esters is 1. The van der Waals surface area contributed by atoms with Gasteiger partial charge in [-0.15, -0.1) is 22.7 Å². The summed E-state index contributed by atoms with van der Waals surface area (Å²) >= 11 is 2.72. The Labute approximate surface area is 327 Å². The lowest BCUT2D eigenvalue weighted by molar-refractivity contribution is -0.0344. The average Bonchev–Trinajstić information content (AvgIpc) is 3.93. The van der Waals surface area contributed by atoms with Crippen molar-refractivity contribution in [2.24, 2.45) is 0 Å². The van der Waals surface area contributed by atoms with Crippen LogP contribution in [0, 0.1) is 0 Å². The van der Waals surface area contributed by atoms with Gasteiger partial charge in [0, 0.05) is 25.5 Å². The first-order valence-corrected chi connectivity index (χ1v) is 18.7. The molecule has 3 N–H and O–H groups in total. The van der Waals surface area contributed by atoms with Gasteiger partial charge in [0.05, 0.1) is 39.6 Å². The number of nitrogens with one attached hydrogen (secondary N) is 2. The minimum Gasteiger partial charge on any atom is -0.478 e. The molecule has 0 aromatic carbocycles. The molecule has 0 bridgehead atoms. The number of rotatable bonds is 13. The van der Waals surface area contributed by atoms with Gasteiger partial charge in [-0.05, 0) is 74.9 Å². The zero-order chi connectivity index (χ0) is 40.2. The number of aryl methyl sites for hydroxylation is 2. The molecule has 6 aromatic heterocycles. The van der Waals surface area contributed by atoms with E-state index in [0.717, 1.165) is 0 Å². The van der Waals surface area contributed by atoms with E-state index in [1.165, 1.54) is 44.4 Å². The predicted molar refractivity (Wildman–Crippen MR) is 210 cm³/mol. The molecule has 0 atom stereocenters. The Morgan fingerprint density at radius 1 is 0.750 bits per heavy atom. The molecule has 0 saturated carbocycles. The zero-order valence-electron chi connectivity index (χ0n) is 30.5. The van der Waals surface area contributed by atoms with E-state index in [0.29, 0.717) is 34.2 Å². The largest absolute Gasteiger partial charge is 0.511 e. The van der Waals surface area contributed by atoms with Gasteiger partial charge in [-0.3, -0.25) is 19.6 Å². The second-order valence-electron chi connectivity index (χ2n) is 11.5. The first-order valence-electron chi connectivity index (χ1n) is 17.0. The van der Waals surface area contributed by atoms with Gasteiger partial charge in [-0.2, -0.15) is 10.2 Å². The van der Waals surface area contributed by atoms with Crippen LogP contribution >= 0.6 is 22.7 Å². The number of anilines is 4. The summed E-state index contributed by atoms with van der Waals surface area (Å²) in [5.74, 6) is -2.09. The molecule has 17 nitrogen and oxygen atoms in total. The van der Waals surface area contributed by atoms with Crippen LogP contribution in [0.3, 0.4) is 0 Å². The Hall–Kier alpha value is -6.73. The van der Waals surface area contributed by atoms with Crippen molar-refractivity contribution in [2.45, 2.75) is 46.9 Å². The highest BCUT2D eigenvalue weighted by Crippen LogP contribution is 2.32. The summed E-state index contributed by atoms with van der Waals surface area (Å²) in [5, 5.41) is 27.8. The molecule has 56 heavy (non-hydrogen) atoms. The third-order valence-electron chi connectivity index (χ3n) is 7.40. The second kappa shape index (κ2) is 19.0. The maximum absolute atomic E-state index is 13.1. The maximum atomic E-state index is 13.1. The highest BCUT2D eigenvalue weighted by atomic mass is 32.1.